The first-order chi connectivity index (χ1) is 13.2. The zero-order chi connectivity index (χ0) is 18.7. The highest BCUT2D eigenvalue weighted by Gasteiger charge is 2.29. The molecule has 0 saturated heterocycles. The highest BCUT2D eigenvalue weighted by atomic mass is 31.2. The third-order valence-corrected chi connectivity index (χ3v) is 7.69. The van der Waals surface area contributed by atoms with Crippen LogP contribution in [-0.4, -0.2) is 0 Å². The molecule has 1 unspecified atom stereocenters. The maximum absolute atomic E-state index is 14.2. The molecule has 134 valence electrons. The highest BCUT2D eigenvalue weighted by molar-refractivity contribution is 7.76. The van der Waals surface area contributed by atoms with Gasteiger partial charge in [0.2, 0.25) is 7.29 Å². The summed E-state index contributed by atoms with van der Waals surface area (Å²) in [4.78, 5) is 0. The van der Waals surface area contributed by atoms with Crippen molar-refractivity contribution in [1.29, 1.82) is 0 Å². The molecule has 4 rings (SSSR count). The van der Waals surface area contributed by atoms with Crippen LogP contribution in [-0.2, 0) is 4.57 Å². The number of rotatable bonds is 5. The van der Waals surface area contributed by atoms with Crippen LogP contribution in [0.5, 0.6) is 0 Å². The Kier molecular flexibility index (Phi) is 4.94. The summed E-state index contributed by atoms with van der Waals surface area (Å²) in [5.74, 6) is 0. The molecular formula is C24H22NOP. The van der Waals surface area contributed by atoms with E-state index in [0.717, 1.165) is 16.2 Å². The van der Waals surface area contributed by atoms with Crippen LogP contribution in [0.15, 0.2) is 103 Å². The van der Waals surface area contributed by atoms with Gasteiger partial charge in [0, 0.05) is 16.7 Å². The van der Waals surface area contributed by atoms with Crippen LogP contribution in [0.3, 0.4) is 0 Å². The predicted octanol–water partition coefficient (Wildman–Crippen LogP) is 5.42. The second kappa shape index (κ2) is 7.52. The van der Waals surface area contributed by atoms with E-state index in [1.165, 1.54) is 10.8 Å². The minimum absolute atomic E-state index is 0.0548. The largest absolute Gasteiger partial charge is 0.297 e. The molecule has 0 aliphatic heterocycles. The Morgan fingerprint density at radius 2 is 1.19 bits per heavy atom. The Morgan fingerprint density at radius 3 is 1.78 bits per heavy atom. The Balaban J connectivity index is 1.74. The quantitative estimate of drug-likeness (QED) is 0.475. The van der Waals surface area contributed by atoms with Crippen LogP contribution in [0, 0.1) is 0 Å². The van der Waals surface area contributed by atoms with E-state index in [1.807, 2.05) is 72.8 Å². The fourth-order valence-corrected chi connectivity index (χ4v) is 5.87. The molecule has 27 heavy (non-hydrogen) atoms. The Bertz CT molecular complexity index is 1050. The maximum atomic E-state index is 14.2. The van der Waals surface area contributed by atoms with Crippen molar-refractivity contribution in [2.45, 2.75) is 13.0 Å². The Morgan fingerprint density at radius 1 is 0.667 bits per heavy atom. The lowest BCUT2D eigenvalue weighted by Gasteiger charge is -2.25. The molecule has 0 heterocycles. The molecular weight excluding hydrogens is 349 g/mol. The molecule has 4 aromatic carbocycles. The van der Waals surface area contributed by atoms with Crippen molar-refractivity contribution in [3.05, 3.63) is 109 Å². The summed E-state index contributed by atoms with van der Waals surface area (Å²) in [5, 5.41) is 7.51. The molecule has 1 atom stereocenters. The van der Waals surface area contributed by atoms with Gasteiger partial charge in [-0.15, -0.1) is 0 Å². The number of benzene rings is 4. The lowest BCUT2D eigenvalue weighted by atomic mass is 10.0. The van der Waals surface area contributed by atoms with E-state index in [2.05, 4.69) is 42.3 Å². The van der Waals surface area contributed by atoms with Crippen molar-refractivity contribution in [2.75, 3.05) is 0 Å². The normalized spacial score (nSPS) is 12.8. The lowest BCUT2D eigenvalue weighted by molar-refractivity contribution is 0.568. The van der Waals surface area contributed by atoms with Crippen LogP contribution in [0.1, 0.15) is 18.5 Å². The molecule has 0 aliphatic carbocycles. The molecule has 0 aromatic heterocycles. The second-order valence-corrected chi connectivity index (χ2v) is 9.25. The van der Waals surface area contributed by atoms with Gasteiger partial charge < -0.3 is 0 Å². The molecule has 0 saturated carbocycles. The van der Waals surface area contributed by atoms with Gasteiger partial charge in [-0.05, 0) is 53.6 Å². The number of hydrogen-bond donors (Lipinski definition) is 1. The Labute approximate surface area is 160 Å². The molecule has 0 amide bonds. The zero-order valence-electron chi connectivity index (χ0n) is 15.2. The third-order valence-electron chi connectivity index (χ3n) is 4.89. The van der Waals surface area contributed by atoms with E-state index in [4.69, 9.17) is 0 Å². The molecule has 0 aliphatic rings. The van der Waals surface area contributed by atoms with Crippen molar-refractivity contribution in [3.63, 3.8) is 0 Å². The third kappa shape index (κ3) is 3.60. The van der Waals surface area contributed by atoms with E-state index in [0.29, 0.717) is 0 Å². The summed E-state index contributed by atoms with van der Waals surface area (Å²) in [5.41, 5.74) is 1.13. The minimum Gasteiger partial charge on any atom is -0.297 e. The average Bonchev–Trinajstić information content (AvgIpc) is 2.74. The van der Waals surface area contributed by atoms with Crippen molar-refractivity contribution in [3.8, 4) is 0 Å². The van der Waals surface area contributed by atoms with Gasteiger partial charge in [-0.3, -0.25) is 9.65 Å². The Hall–Kier alpha value is -2.67. The fraction of sp³-hybridized carbons (Fsp3) is 0.0833. The standard InChI is InChI=1S/C24H22NOP/c1-19(21-17-16-20-10-8-9-11-22(20)18-21)25-27(26,23-12-4-2-5-13-23)24-14-6-3-7-15-24/h2-19H,1H3,(H,25,26). The first-order valence-corrected chi connectivity index (χ1v) is 10.9. The molecule has 4 aromatic rings. The molecule has 2 nitrogen and oxygen atoms in total. The van der Waals surface area contributed by atoms with Crippen LogP contribution < -0.4 is 15.7 Å². The smallest absolute Gasteiger partial charge is 0.205 e. The summed E-state index contributed by atoms with van der Waals surface area (Å²) < 4.78 is 14.2. The van der Waals surface area contributed by atoms with E-state index < -0.39 is 7.29 Å². The van der Waals surface area contributed by atoms with Crippen molar-refractivity contribution in [1.82, 2.24) is 5.09 Å². The van der Waals surface area contributed by atoms with Crippen LogP contribution in [0.4, 0.5) is 0 Å². The summed E-state index contributed by atoms with van der Waals surface area (Å²) in [6.45, 7) is 2.07. The van der Waals surface area contributed by atoms with Crippen molar-refractivity contribution < 1.29 is 4.57 Å². The zero-order valence-corrected chi connectivity index (χ0v) is 16.1. The maximum Gasteiger partial charge on any atom is 0.205 e. The van der Waals surface area contributed by atoms with Crippen LogP contribution >= 0.6 is 7.29 Å². The minimum atomic E-state index is -2.96. The second-order valence-electron chi connectivity index (χ2n) is 6.74. The van der Waals surface area contributed by atoms with Gasteiger partial charge in [0.25, 0.3) is 0 Å². The van der Waals surface area contributed by atoms with Crippen LogP contribution in [0.25, 0.3) is 10.8 Å². The van der Waals surface area contributed by atoms with Crippen LogP contribution in [0.2, 0.25) is 0 Å². The molecule has 0 spiro atoms. The summed E-state index contributed by atoms with van der Waals surface area (Å²) in [7, 11) is -2.96. The molecule has 3 heteroatoms. The SMILES string of the molecule is CC(NP(=O)(c1ccccc1)c1ccccc1)c1ccc2ccccc2c1. The van der Waals surface area contributed by atoms with Gasteiger partial charge in [-0.2, -0.15) is 0 Å². The van der Waals surface area contributed by atoms with E-state index >= 15 is 0 Å². The van der Waals surface area contributed by atoms with Gasteiger partial charge in [0.1, 0.15) is 0 Å². The monoisotopic (exact) mass is 371 g/mol. The average molecular weight is 371 g/mol. The van der Waals surface area contributed by atoms with Gasteiger partial charge in [0.15, 0.2) is 0 Å². The number of hydrogen-bond acceptors (Lipinski definition) is 1. The topological polar surface area (TPSA) is 29.1 Å². The van der Waals surface area contributed by atoms with E-state index in [1.54, 1.807) is 0 Å². The lowest BCUT2D eigenvalue weighted by Crippen LogP contribution is -2.29. The van der Waals surface area contributed by atoms with Gasteiger partial charge >= 0.3 is 0 Å². The predicted molar refractivity (Wildman–Crippen MR) is 115 cm³/mol. The fourth-order valence-electron chi connectivity index (χ4n) is 3.40. The van der Waals surface area contributed by atoms with Crippen molar-refractivity contribution in [2.24, 2.45) is 0 Å². The first-order valence-electron chi connectivity index (χ1n) is 9.14. The molecule has 0 bridgehead atoms. The summed E-state index contributed by atoms with van der Waals surface area (Å²) in [6.07, 6.45) is 0. The number of nitrogens with one attached hydrogen (secondary N) is 1. The van der Waals surface area contributed by atoms with Gasteiger partial charge in [0.05, 0.1) is 0 Å². The van der Waals surface area contributed by atoms with E-state index in [-0.39, 0.29) is 6.04 Å². The molecule has 0 fully saturated rings. The van der Waals surface area contributed by atoms with E-state index in [9.17, 15) is 4.57 Å². The molecule has 1 N–H and O–H groups in total. The summed E-state index contributed by atoms with van der Waals surface area (Å²) in [6, 6.07) is 34.1. The molecule has 0 radical (unpaired) electrons. The highest BCUT2D eigenvalue weighted by Crippen LogP contribution is 2.41. The summed E-state index contributed by atoms with van der Waals surface area (Å²) >= 11 is 0. The van der Waals surface area contributed by atoms with Crippen molar-refractivity contribution >= 4 is 28.7 Å². The first kappa shape index (κ1) is 17.7. The van der Waals surface area contributed by atoms with Gasteiger partial charge in [-0.1, -0.05) is 72.8 Å². The number of fused-ring (bicyclic) bond motifs is 1. The van der Waals surface area contributed by atoms with Gasteiger partial charge in [-0.25, -0.2) is 0 Å².